The molecule has 1 aliphatic heterocycles. The number of hydrogen-bond donors (Lipinski definition) is 1. The molecule has 1 N–H and O–H groups in total. The van der Waals surface area contributed by atoms with Gasteiger partial charge in [-0.2, -0.15) is 0 Å². The minimum absolute atomic E-state index is 0.0454. The summed E-state index contributed by atoms with van der Waals surface area (Å²) in [5.41, 5.74) is 1.80. The van der Waals surface area contributed by atoms with Gasteiger partial charge in [0.1, 0.15) is 0 Å². The van der Waals surface area contributed by atoms with Gasteiger partial charge in [-0.15, -0.1) is 0 Å². The molecule has 2 unspecified atom stereocenters. The van der Waals surface area contributed by atoms with Crippen LogP contribution in [-0.2, 0) is 15.1 Å². The molecule has 1 heterocycles. The first-order chi connectivity index (χ1) is 13.5. The number of carbonyl (C=O) groups is 1. The highest BCUT2D eigenvalue weighted by Gasteiger charge is 2.39. The van der Waals surface area contributed by atoms with Gasteiger partial charge in [-0.1, -0.05) is 18.2 Å². The Morgan fingerprint density at radius 3 is 2.64 bits per heavy atom. The summed E-state index contributed by atoms with van der Waals surface area (Å²) in [7, 11) is 1.85. The van der Waals surface area contributed by atoms with Crippen molar-refractivity contribution >= 4 is 22.4 Å². The summed E-state index contributed by atoms with van der Waals surface area (Å²) in [6, 6.07) is 12.7. The van der Waals surface area contributed by atoms with E-state index in [1.54, 1.807) is 0 Å². The molecule has 1 saturated carbocycles. The number of piperidine rings is 1. The Balaban J connectivity index is 1.58. The van der Waals surface area contributed by atoms with Gasteiger partial charge in [-0.3, -0.25) is 4.79 Å². The second-order valence-corrected chi connectivity index (χ2v) is 8.81. The van der Waals surface area contributed by atoms with Crippen LogP contribution in [0, 0.1) is 11.8 Å². The number of benzene rings is 2. The third-order valence-electron chi connectivity index (χ3n) is 6.66. The predicted molar refractivity (Wildman–Crippen MR) is 115 cm³/mol. The molecule has 0 aromatic heterocycles. The van der Waals surface area contributed by atoms with E-state index in [4.69, 9.17) is 4.74 Å². The fraction of sp³-hybridized carbons (Fsp3) is 0.542. The number of methoxy groups -OCH3 is 1. The van der Waals surface area contributed by atoms with Crippen molar-refractivity contribution in [3.8, 4) is 0 Å². The molecule has 2 fully saturated rings. The maximum Gasteiger partial charge on any atom is 0.221 e. The lowest BCUT2D eigenvalue weighted by Gasteiger charge is -2.43. The van der Waals surface area contributed by atoms with E-state index in [9.17, 15) is 4.79 Å². The molecule has 2 aromatic carbocycles. The first-order valence-corrected chi connectivity index (χ1v) is 10.6. The summed E-state index contributed by atoms with van der Waals surface area (Å²) >= 11 is 0. The summed E-state index contributed by atoms with van der Waals surface area (Å²) < 4.78 is 6.17. The highest BCUT2D eigenvalue weighted by Crippen LogP contribution is 2.40. The molecule has 4 nitrogen and oxygen atoms in total. The molecular formula is C24H32N2O2. The Bertz CT molecular complexity index is 861. The zero-order valence-corrected chi connectivity index (χ0v) is 17.3. The minimum Gasteiger partial charge on any atom is -0.373 e. The van der Waals surface area contributed by atoms with Crippen molar-refractivity contribution in [3.05, 3.63) is 42.0 Å². The SMILES string of the molecule is COC(C)(c1ccc2cc(NC(C)=O)ccc2c1)C1CCCN(CC2CC2)C1. The number of amides is 1. The smallest absolute Gasteiger partial charge is 0.221 e. The quantitative estimate of drug-likeness (QED) is 0.784. The average molecular weight is 381 g/mol. The number of fused-ring (bicyclic) bond motifs is 1. The van der Waals surface area contributed by atoms with E-state index in [0.29, 0.717) is 5.92 Å². The first kappa shape index (κ1) is 19.4. The van der Waals surface area contributed by atoms with Gasteiger partial charge >= 0.3 is 0 Å². The molecule has 0 spiro atoms. The van der Waals surface area contributed by atoms with E-state index in [2.05, 4.69) is 41.4 Å². The molecule has 4 rings (SSSR count). The molecule has 1 amide bonds. The Labute approximate surface area is 168 Å². The topological polar surface area (TPSA) is 41.6 Å². The fourth-order valence-corrected chi connectivity index (χ4v) is 4.69. The normalized spacial score (nSPS) is 22.8. The molecule has 1 saturated heterocycles. The molecule has 2 atom stereocenters. The van der Waals surface area contributed by atoms with Crippen molar-refractivity contribution < 1.29 is 9.53 Å². The Kier molecular flexibility index (Phi) is 5.44. The predicted octanol–water partition coefficient (Wildman–Crippen LogP) is 4.78. The maximum absolute atomic E-state index is 11.3. The molecule has 0 radical (unpaired) electrons. The van der Waals surface area contributed by atoms with Crippen molar-refractivity contribution in [1.29, 1.82) is 0 Å². The van der Waals surface area contributed by atoms with Gasteiger partial charge < -0.3 is 15.0 Å². The van der Waals surface area contributed by atoms with Crippen LogP contribution in [0.1, 0.15) is 45.1 Å². The summed E-state index contributed by atoms with van der Waals surface area (Å²) in [4.78, 5) is 14.0. The van der Waals surface area contributed by atoms with Gasteiger partial charge in [0.25, 0.3) is 0 Å². The van der Waals surface area contributed by atoms with Crippen LogP contribution in [0.5, 0.6) is 0 Å². The van der Waals surface area contributed by atoms with E-state index in [0.717, 1.165) is 23.5 Å². The molecule has 2 aliphatic rings. The van der Waals surface area contributed by atoms with Gasteiger partial charge in [0, 0.05) is 38.7 Å². The molecule has 0 bridgehead atoms. The molecule has 1 aliphatic carbocycles. The van der Waals surface area contributed by atoms with Gasteiger partial charge in [-0.05, 0) is 79.6 Å². The maximum atomic E-state index is 11.3. The van der Waals surface area contributed by atoms with Crippen molar-refractivity contribution in [2.24, 2.45) is 11.8 Å². The molecular weight excluding hydrogens is 348 g/mol. The van der Waals surface area contributed by atoms with Gasteiger partial charge in [0.05, 0.1) is 5.60 Å². The summed E-state index contributed by atoms with van der Waals surface area (Å²) in [6.45, 7) is 7.41. The molecule has 150 valence electrons. The van der Waals surface area contributed by atoms with Gasteiger partial charge in [0.2, 0.25) is 5.91 Å². The van der Waals surface area contributed by atoms with Crippen molar-refractivity contribution in [1.82, 2.24) is 4.90 Å². The Hall–Kier alpha value is -1.91. The number of nitrogens with one attached hydrogen (secondary N) is 1. The summed E-state index contributed by atoms with van der Waals surface area (Å²) in [6.07, 6.45) is 5.29. The van der Waals surface area contributed by atoms with Crippen LogP contribution >= 0.6 is 0 Å². The minimum atomic E-state index is -0.285. The average Bonchev–Trinajstić information content (AvgIpc) is 3.50. The number of anilines is 1. The number of nitrogens with zero attached hydrogens (tertiary/aromatic N) is 1. The highest BCUT2D eigenvalue weighted by atomic mass is 16.5. The zero-order chi connectivity index (χ0) is 19.7. The van der Waals surface area contributed by atoms with E-state index < -0.39 is 0 Å². The van der Waals surface area contributed by atoms with Crippen molar-refractivity contribution in [2.45, 2.75) is 45.1 Å². The summed E-state index contributed by atoms with van der Waals surface area (Å²) in [5, 5.41) is 5.17. The molecule has 28 heavy (non-hydrogen) atoms. The lowest BCUT2D eigenvalue weighted by molar-refractivity contribution is -0.114. The largest absolute Gasteiger partial charge is 0.373 e. The lowest BCUT2D eigenvalue weighted by Crippen LogP contribution is -2.46. The monoisotopic (exact) mass is 380 g/mol. The van der Waals surface area contributed by atoms with Gasteiger partial charge in [0.15, 0.2) is 0 Å². The fourth-order valence-electron chi connectivity index (χ4n) is 4.69. The second kappa shape index (κ2) is 7.84. The van der Waals surface area contributed by atoms with E-state index in [1.165, 1.54) is 56.6 Å². The lowest BCUT2D eigenvalue weighted by atomic mass is 9.77. The van der Waals surface area contributed by atoms with Crippen LogP contribution in [-0.4, -0.2) is 37.6 Å². The highest BCUT2D eigenvalue weighted by molar-refractivity contribution is 5.93. The van der Waals surface area contributed by atoms with E-state index >= 15 is 0 Å². The van der Waals surface area contributed by atoms with Crippen LogP contribution < -0.4 is 5.32 Å². The van der Waals surface area contributed by atoms with Crippen molar-refractivity contribution in [2.75, 3.05) is 32.1 Å². The van der Waals surface area contributed by atoms with Crippen LogP contribution in [0.2, 0.25) is 0 Å². The number of rotatable bonds is 6. The second-order valence-electron chi connectivity index (χ2n) is 8.81. The van der Waals surface area contributed by atoms with Crippen LogP contribution in [0.15, 0.2) is 36.4 Å². The van der Waals surface area contributed by atoms with Crippen LogP contribution in [0.3, 0.4) is 0 Å². The van der Waals surface area contributed by atoms with Crippen LogP contribution in [0.4, 0.5) is 5.69 Å². The molecule has 2 aromatic rings. The van der Waals surface area contributed by atoms with Crippen LogP contribution in [0.25, 0.3) is 10.8 Å². The Morgan fingerprint density at radius 1 is 1.18 bits per heavy atom. The first-order valence-electron chi connectivity index (χ1n) is 10.6. The number of ether oxygens (including phenoxy) is 1. The third kappa shape index (κ3) is 4.08. The molecule has 4 heteroatoms. The number of carbonyl (C=O) groups excluding carboxylic acids is 1. The van der Waals surface area contributed by atoms with E-state index in [1.807, 2.05) is 19.2 Å². The van der Waals surface area contributed by atoms with Crippen molar-refractivity contribution in [3.63, 3.8) is 0 Å². The number of likely N-dealkylation sites (tertiary alicyclic amines) is 1. The summed E-state index contributed by atoms with van der Waals surface area (Å²) in [5.74, 6) is 1.39. The Morgan fingerprint density at radius 2 is 1.93 bits per heavy atom. The number of hydrogen-bond acceptors (Lipinski definition) is 3. The van der Waals surface area contributed by atoms with E-state index in [-0.39, 0.29) is 11.5 Å². The third-order valence-corrected chi connectivity index (χ3v) is 6.66. The standard InChI is InChI=1S/C24H32N2O2/c1-17(27)25-23-11-9-19-13-21(10-8-20(19)14-23)24(2,28-3)22-5-4-12-26(16-22)15-18-6-7-18/h8-11,13-14,18,22H,4-7,12,15-16H2,1-3H3,(H,25,27). The zero-order valence-electron chi connectivity index (χ0n) is 17.3. The van der Waals surface area contributed by atoms with Gasteiger partial charge in [-0.25, -0.2) is 0 Å².